The molecule has 3 atom stereocenters. The Kier molecular flexibility index (Phi) is 2.82. The molecule has 0 amide bonds. The Hall–Kier alpha value is -1.24. The summed E-state index contributed by atoms with van der Waals surface area (Å²) in [5.41, 5.74) is 0.328. The van der Waals surface area contributed by atoms with Gasteiger partial charge < -0.3 is 10.2 Å². The normalized spacial score (nSPS) is 33.8. The molecule has 1 aromatic heterocycles. The zero-order chi connectivity index (χ0) is 16.8. The predicted molar refractivity (Wildman–Crippen MR) is 82.0 cm³/mol. The summed E-state index contributed by atoms with van der Waals surface area (Å²) in [4.78, 5) is 10.6. The second-order valence-corrected chi connectivity index (χ2v) is 7.86. The van der Waals surface area contributed by atoms with Crippen molar-refractivity contribution in [3.63, 3.8) is 0 Å². The summed E-state index contributed by atoms with van der Waals surface area (Å²) < 4.78 is 39.0. The Morgan fingerprint density at radius 2 is 1.96 bits per heavy atom. The van der Waals surface area contributed by atoms with Crippen LogP contribution in [0, 0.1) is 11.8 Å². The van der Waals surface area contributed by atoms with Gasteiger partial charge in [0.15, 0.2) is 0 Å². The van der Waals surface area contributed by atoms with E-state index in [1.54, 1.807) is 7.05 Å². The molecule has 0 bridgehead atoms. The van der Waals surface area contributed by atoms with Crippen LogP contribution in [0.15, 0.2) is 0 Å². The van der Waals surface area contributed by atoms with Gasteiger partial charge in [0.2, 0.25) is 5.28 Å². The summed E-state index contributed by atoms with van der Waals surface area (Å²) in [7, 11) is 1.76. The zero-order valence-electron chi connectivity index (χ0n) is 13.1. The first kappa shape index (κ1) is 15.3. The Labute approximate surface area is 137 Å². The molecule has 1 N–H and O–H groups in total. The molecule has 2 fully saturated rings. The van der Waals surface area contributed by atoms with Gasteiger partial charge in [-0.25, -0.2) is 9.97 Å². The third-order valence-electron chi connectivity index (χ3n) is 5.71. The van der Waals surface area contributed by atoms with Crippen molar-refractivity contribution in [2.45, 2.75) is 43.8 Å². The van der Waals surface area contributed by atoms with Crippen LogP contribution in [0.2, 0.25) is 5.28 Å². The number of nitrogens with one attached hydrogen (secondary N) is 1. The quantitative estimate of drug-likeness (QED) is 0.831. The number of aromatic nitrogens is 2. The van der Waals surface area contributed by atoms with Crippen molar-refractivity contribution >= 4 is 23.2 Å². The molecule has 3 unspecified atom stereocenters. The van der Waals surface area contributed by atoms with E-state index >= 15 is 0 Å². The molecule has 126 valence electrons. The summed E-state index contributed by atoms with van der Waals surface area (Å²) in [6.45, 7) is 4.78. The first-order valence-corrected chi connectivity index (χ1v) is 8.08. The number of rotatable bonds is 2. The maximum absolute atomic E-state index is 13.0. The topological polar surface area (TPSA) is 41.1 Å². The summed E-state index contributed by atoms with van der Waals surface area (Å²) in [6, 6.07) is 0. The van der Waals surface area contributed by atoms with Crippen molar-refractivity contribution in [1.29, 1.82) is 0 Å². The van der Waals surface area contributed by atoms with Crippen LogP contribution in [-0.4, -0.2) is 35.3 Å². The van der Waals surface area contributed by atoms with Gasteiger partial charge in [0.25, 0.3) is 0 Å². The second kappa shape index (κ2) is 4.23. The Morgan fingerprint density at radius 3 is 2.52 bits per heavy atom. The third-order valence-corrected chi connectivity index (χ3v) is 5.87. The van der Waals surface area contributed by atoms with E-state index in [0.29, 0.717) is 24.6 Å². The van der Waals surface area contributed by atoms with Gasteiger partial charge in [0.1, 0.15) is 11.6 Å². The van der Waals surface area contributed by atoms with Crippen LogP contribution in [0.5, 0.6) is 0 Å². The molecule has 1 aliphatic heterocycles. The van der Waals surface area contributed by atoms with Crippen LogP contribution in [0.4, 0.5) is 24.8 Å². The smallest absolute Gasteiger partial charge is 0.373 e. The van der Waals surface area contributed by atoms with Crippen LogP contribution >= 0.6 is 11.6 Å². The van der Waals surface area contributed by atoms with Crippen LogP contribution in [-0.2, 0) is 5.41 Å². The van der Waals surface area contributed by atoms with Gasteiger partial charge in [-0.05, 0) is 30.4 Å². The number of nitrogens with zero attached hydrogens (tertiary/aromatic N) is 3. The minimum atomic E-state index is -4.10. The highest BCUT2D eigenvalue weighted by atomic mass is 35.5. The van der Waals surface area contributed by atoms with Crippen LogP contribution < -0.4 is 10.2 Å². The fourth-order valence-electron chi connectivity index (χ4n) is 4.54. The van der Waals surface area contributed by atoms with E-state index in [0.717, 1.165) is 5.56 Å². The molecular weight excluding hydrogens is 329 g/mol. The highest BCUT2D eigenvalue weighted by Gasteiger charge is 2.77. The lowest BCUT2D eigenvalue weighted by molar-refractivity contribution is -0.200. The number of anilines is 2. The van der Waals surface area contributed by atoms with Gasteiger partial charge in [-0.2, -0.15) is 13.2 Å². The average Bonchev–Trinajstić information content (AvgIpc) is 2.86. The van der Waals surface area contributed by atoms with E-state index < -0.39 is 12.1 Å². The van der Waals surface area contributed by atoms with Crippen LogP contribution in [0.1, 0.15) is 32.3 Å². The van der Waals surface area contributed by atoms with E-state index in [9.17, 15) is 13.2 Å². The molecule has 4 nitrogen and oxygen atoms in total. The maximum Gasteiger partial charge on any atom is 0.392 e. The SMILES string of the molecule is CNc1nc(Cl)nc2c1C(C)(C)CN2C12CC(C(F)(F)F)C1C2. The lowest BCUT2D eigenvalue weighted by atomic mass is 9.78. The lowest BCUT2D eigenvalue weighted by Crippen LogP contribution is -2.52. The molecule has 2 saturated carbocycles. The zero-order valence-corrected chi connectivity index (χ0v) is 13.9. The number of hydrogen-bond donors (Lipinski definition) is 1. The van der Waals surface area contributed by atoms with Crippen molar-refractivity contribution in [3.8, 4) is 0 Å². The van der Waals surface area contributed by atoms with E-state index in [2.05, 4.69) is 34.0 Å². The summed E-state index contributed by atoms with van der Waals surface area (Å²) in [5.74, 6) is -0.123. The highest BCUT2D eigenvalue weighted by Crippen LogP contribution is 2.72. The molecule has 0 spiro atoms. The van der Waals surface area contributed by atoms with E-state index in [1.807, 2.05) is 0 Å². The molecule has 0 radical (unpaired) electrons. The average molecular weight is 347 g/mol. The number of hydrogen-bond acceptors (Lipinski definition) is 4. The van der Waals surface area contributed by atoms with Crippen molar-refractivity contribution < 1.29 is 13.2 Å². The first-order chi connectivity index (χ1) is 10.6. The molecule has 4 rings (SSSR count). The minimum absolute atomic E-state index is 0.121. The first-order valence-electron chi connectivity index (χ1n) is 7.70. The maximum atomic E-state index is 13.0. The number of halogens is 4. The van der Waals surface area contributed by atoms with Gasteiger partial charge in [0, 0.05) is 30.1 Å². The molecular formula is C15H18ClF3N4. The Balaban J connectivity index is 1.72. The molecule has 8 heteroatoms. The van der Waals surface area contributed by atoms with E-state index in [4.69, 9.17) is 11.6 Å². The molecule has 23 heavy (non-hydrogen) atoms. The van der Waals surface area contributed by atoms with Crippen molar-refractivity contribution in [2.75, 3.05) is 23.8 Å². The van der Waals surface area contributed by atoms with Gasteiger partial charge in [0.05, 0.1) is 5.92 Å². The minimum Gasteiger partial charge on any atom is -0.373 e. The fraction of sp³-hybridized carbons (Fsp3) is 0.733. The van der Waals surface area contributed by atoms with Crippen molar-refractivity contribution in [1.82, 2.24) is 9.97 Å². The van der Waals surface area contributed by atoms with Gasteiger partial charge in [-0.1, -0.05) is 13.8 Å². The molecule has 2 aliphatic carbocycles. The largest absolute Gasteiger partial charge is 0.392 e. The fourth-order valence-corrected chi connectivity index (χ4v) is 4.70. The monoisotopic (exact) mass is 346 g/mol. The molecule has 0 aromatic carbocycles. The Morgan fingerprint density at radius 1 is 1.26 bits per heavy atom. The van der Waals surface area contributed by atoms with E-state index in [1.165, 1.54) is 0 Å². The lowest BCUT2D eigenvalue weighted by Gasteiger charge is -2.43. The second-order valence-electron chi connectivity index (χ2n) is 7.53. The highest BCUT2D eigenvalue weighted by molar-refractivity contribution is 6.28. The van der Waals surface area contributed by atoms with Crippen LogP contribution in [0.3, 0.4) is 0 Å². The van der Waals surface area contributed by atoms with Crippen molar-refractivity contribution in [2.24, 2.45) is 11.8 Å². The third kappa shape index (κ3) is 1.92. The van der Waals surface area contributed by atoms with Crippen molar-refractivity contribution in [3.05, 3.63) is 10.8 Å². The summed E-state index contributed by atoms with van der Waals surface area (Å²) in [5, 5.41) is 3.16. The predicted octanol–water partition coefficient (Wildman–Crippen LogP) is 3.61. The van der Waals surface area contributed by atoms with Gasteiger partial charge in [-0.3, -0.25) is 0 Å². The van der Waals surface area contributed by atoms with E-state index in [-0.39, 0.29) is 28.6 Å². The summed E-state index contributed by atoms with van der Waals surface area (Å²) in [6.07, 6.45) is -3.35. The standard InChI is InChI=1S/C15H18ClF3N4/c1-13(2)6-23(11-9(13)10(20-3)21-12(16)22-11)14-4-7(14)8(5-14)15(17,18)19/h7-8H,4-6H2,1-3H3,(H,20,21,22). The number of fused-ring (bicyclic) bond motifs is 2. The molecule has 0 saturated heterocycles. The molecule has 2 heterocycles. The van der Waals surface area contributed by atoms with Gasteiger partial charge >= 0.3 is 6.18 Å². The summed E-state index contributed by atoms with van der Waals surface area (Å²) >= 11 is 6.02. The van der Waals surface area contributed by atoms with Crippen LogP contribution in [0.25, 0.3) is 0 Å². The molecule has 3 aliphatic rings. The molecule has 1 aromatic rings. The van der Waals surface area contributed by atoms with Gasteiger partial charge in [-0.15, -0.1) is 0 Å². The Bertz CT molecular complexity index is 690. The number of alkyl halides is 3.